The lowest BCUT2D eigenvalue weighted by Crippen LogP contribution is -2.36. The number of benzene rings is 1. The molecule has 1 aliphatic rings. The molecule has 1 aromatic rings. The molecule has 0 unspecified atom stereocenters. The number of hydrogen-bond donors (Lipinski definition) is 2. The first-order chi connectivity index (χ1) is 16.0. The van der Waals surface area contributed by atoms with E-state index in [1.54, 1.807) is 13.3 Å². The number of carbonyl (C=O) groups is 2. The van der Waals surface area contributed by atoms with E-state index in [4.69, 9.17) is 4.74 Å². The summed E-state index contributed by atoms with van der Waals surface area (Å²) in [7, 11) is 1.62. The van der Waals surface area contributed by atoms with Crippen LogP contribution in [0.5, 0.6) is 5.75 Å². The minimum Gasteiger partial charge on any atom is -0.496 e. The molecular formula is C27H45N3O3. The highest BCUT2D eigenvalue weighted by Gasteiger charge is 2.15. The smallest absolute Gasteiger partial charge is 0.240 e. The van der Waals surface area contributed by atoms with Crippen molar-refractivity contribution in [3.8, 4) is 5.75 Å². The van der Waals surface area contributed by atoms with Crippen LogP contribution in [0.15, 0.2) is 23.3 Å². The molecule has 2 rings (SSSR count). The first kappa shape index (κ1) is 28.7. The van der Waals surface area contributed by atoms with Crippen molar-refractivity contribution in [3.63, 3.8) is 0 Å². The Balaban J connectivity index is 0.000000675. The van der Waals surface area contributed by atoms with Crippen LogP contribution in [-0.2, 0) is 9.59 Å². The SMILES string of the molecule is CCCCCCC.COc1cc(/C=N/NC(=O)CCCC(=O)NC2CCCCC2)ccc1C. The van der Waals surface area contributed by atoms with Crippen LogP contribution in [0, 0.1) is 6.92 Å². The molecule has 1 fully saturated rings. The molecule has 0 aromatic heterocycles. The summed E-state index contributed by atoms with van der Waals surface area (Å²) in [5.41, 5.74) is 4.39. The maximum Gasteiger partial charge on any atom is 0.240 e. The van der Waals surface area contributed by atoms with Crippen LogP contribution in [0.3, 0.4) is 0 Å². The van der Waals surface area contributed by atoms with E-state index in [9.17, 15) is 9.59 Å². The largest absolute Gasteiger partial charge is 0.496 e. The predicted octanol–water partition coefficient (Wildman–Crippen LogP) is 6.05. The van der Waals surface area contributed by atoms with Crippen molar-refractivity contribution >= 4 is 18.0 Å². The minimum atomic E-state index is -0.189. The van der Waals surface area contributed by atoms with Crippen LogP contribution in [0.4, 0.5) is 0 Å². The van der Waals surface area contributed by atoms with Crippen molar-refractivity contribution < 1.29 is 14.3 Å². The maximum atomic E-state index is 11.9. The topological polar surface area (TPSA) is 79.8 Å². The molecule has 6 heteroatoms. The van der Waals surface area contributed by atoms with E-state index in [-0.39, 0.29) is 18.2 Å². The molecule has 6 nitrogen and oxygen atoms in total. The Kier molecular flexibility index (Phi) is 15.7. The van der Waals surface area contributed by atoms with Crippen molar-refractivity contribution in [1.29, 1.82) is 0 Å². The predicted molar refractivity (Wildman–Crippen MR) is 137 cm³/mol. The van der Waals surface area contributed by atoms with Crippen LogP contribution in [0.25, 0.3) is 0 Å². The fourth-order valence-electron chi connectivity index (χ4n) is 3.78. The third-order valence-corrected chi connectivity index (χ3v) is 5.82. The summed E-state index contributed by atoms with van der Waals surface area (Å²) in [5.74, 6) is 0.634. The number of rotatable bonds is 12. The Morgan fingerprint density at radius 1 is 1.00 bits per heavy atom. The van der Waals surface area contributed by atoms with Gasteiger partial charge in [-0.2, -0.15) is 5.10 Å². The van der Waals surface area contributed by atoms with E-state index in [0.717, 1.165) is 29.7 Å². The van der Waals surface area contributed by atoms with Crippen LogP contribution in [0.1, 0.15) is 108 Å². The van der Waals surface area contributed by atoms with Crippen molar-refractivity contribution in [2.45, 2.75) is 110 Å². The Labute approximate surface area is 200 Å². The fourth-order valence-corrected chi connectivity index (χ4v) is 3.78. The molecule has 0 atom stereocenters. The molecule has 1 saturated carbocycles. The summed E-state index contributed by atoms with van der Waals surface area (Å²) < 4.78 is 5.26. The van der Waals surface area contributed by atoms with E-state index < -0.39 is 0 Å². The molecule has 2 amide bonds. The number of amides is 2. The van der Waals surface area contributed by atoms with E-state index >= 15 is 0 Å². The highest BCUT2D eigenvalue weighted by Crippen LogP contribution is 2.18. The zero-order valence-electron chi connectivity index (χ0n) is 21.3. The third kappa shape index (κ3) is 13.7. The zero-order chi connectivity index (χ0) is 24.3. The number of hydrazone groups is 1. The lowest BCUT2D eigenvalue weighted by Gasteiger charge is -2.22. The van der Waals surface area contributed by atoms with Gasteiger partial charge in [0.15, 0.2) is 0 Å². The number of nitrogens with zero attached hydrogens (tertiary/aromatic N) is 1. The molecule has 33 heavy (non-hydrogen) atoms. The number of ether oxygens (including phenoxy) is 1. The number of aryl methyl sites for hydroxylation is 1. The Hall–Kier alpha value is -2.37. The summed E-state index contributed by atoms with van der Waals surface area (Å²) in [6, 6.07) is 6.03. The molecule has 0 saturated heterocycles. The average molecular weight is 460 g/mol. The van der Waals surface area contributed by atoms with Gasteiger partial charge in [-0.05, 0) is 43.4 Å². The molecule has 1 aliphatic carbocycles. The number of nitrogens with one attached hydrogen (secondary N) is 2. The van der Waals surface area contributed by atoms with E-state index in [1.807, 2.05) is 25.1 Å². The van der Waals surface area contributed by atoms with Gasteiger partial charge < -0.3 is 10.1 Å². The van der Waals surface area contributed by atoms with Crippen LogP contribution >= 0.6 is 0 Å². The monoisotopic (exact) mass is 459 g/mol. The summed E-state index contributed by atoms with van der Waals surface area (Å²) in [6.07, 6.45) is 15.6. The van der Waals surface area contributed by atoms with Crippen molar-refractivity contribution in [2.75, 3.05) is 7.11 Å². The van der Waals surface area contributed by atoms with Crippen molar-refractivity contribution in [1.82, 2.24) is 10.7 Å². The highest BCUT2D eigenvalue weighted by molar-refractivity contribution is 5.83. The number of carbonyl (C=O) groups excluding carboxylic acids is 2. The Morgan fingerprint density at radius 2 is 1.67 bits per heavy atom. The van der Waals surface area contributed by atoms with Gasteiger partial charge in [-0.25, -0.2) is 5.43 Å². The fraction of sp³-hybridized carbons (Fsp3) is 0.667. The second kappa shape index (κ2) is 18.1. The number of hydrogen-bond acceptors (Lipinski definition) is 4. The summed E-state index contributed by atoms with van der Waals surface area (Å²) >= 11 is 0. The van der Waals surface area contributed by atoms with Gasteiger partial charge in [-0.3, -0.25) is 9.59 Å². The highest BCUT2D eigenvalue weighted by atomic mass is 16.5. The third-order valence-electron chi connectivity index (χ3n) is 5.82. The molecule has 2 N–H and O–H groups in total. The number of unbranched alkanes of at least 4 members (excludes halogenated alkanes) is 4. The minimum absolute atomic E-state index is 0.0416. The van der Waals surface area contributed by atoms with Gasteiger partial charge in [0.05, 0.1) is 13.3 Å². The average Bonchev–Trinajstić information content (AvgIpc) is 2.81. The molecule has 0 aliphatic heterocycles. The summed E-state index contributed by atoms with van der Waals surface area (Å²) in [6.45, 7) is 6.46. The van der Waals surface area contributed by atoms with Crippen LogP contribution in [0.2, 0.25) is 0 Å². The Morgan fingerprint density at radius 3 is 2.30 bits per heavy atom. The second-order valence-corrected chi connectivity index (χ2v) is 8.84. The zero-order valence-corrected chi connectivity index (χ0v) is 21.3. The van der Waals surface area contributed by atoms with E-state index in [1.165, 1.54) is 51.4 Å². The molecular weight excluding hydrogens is 414 g/mol. The van der Waals surface area contributed by atoms with Crippen LogP contribution < -0.4 is 15.5 Å². The van der Waals surface area contributed by atoms with Gasteiger partial charge in [-0.1, -0.05) is 77.3 Å². The van der Waals surface area contributed by atoms with E-state index in [2.05, 4.69) is 29.7 Å². The molecule has 0 spiro atoms. The molecule has 186 valence electrons. The lowest BCUT2D eigenvalue weighted by atomic mass is 9.95. The van der Waals surface area contributed by atoms with Crippen molar-refractivity contribution in [3.05, 3.63) is 29.3 Å². The van der Waals surface area contributed by atoms with Gasteiger partial charge in [0.2, 0.25) is 11.8 Å². The van der Waals surface area contributed by atoms with E-state index in [0.29, 0.717) is 18.9 Å². The van der Waals surface area contributed by atoms with Gasteiger partial charge >= 0.3 is 0 Å². The quantitative estimate of drug-likeness (QED) is 0.227. The van der Waals surface area contributed by atoms with Gasteiger partial charge in [0.25, 0.3) is 0 Å². The summed E-state index contributed by atoms with van der Waals surface area (Å²) in [4.78, 5) is 23.7. The summed E-state index contributed by atoms with van der Waals surface area (Å²) in [5, 5.41) is 7.02. The second-order valence-electron chi connectivity index (χ2n) is 8.84. The molecule has 0 bridgehead atoms. The molecule has 1 aromatic carbocycles. The molecule has 0 radical (unpaired) electrons. The van der Waals surface area contributed by atoms with Crippen LogP contribution in [-0.4, -0.2) is 31.2 Å². The first-order valence-corrected chi connectivity index (χ1v) is 12.8. The van der Waals surface area contributed by atoms with Gasteiger partial charge in [0.1, 0.15) is 5.75 Å². The molecule has 0 heterocycles. The lowest BCUT2D eigenvalue weighted by molar-refractivity contribution is -0.123. The van der Waals surface area contributed by atoms with Crippen molar-refractivity contribution in [2.24, 2.45) is 5.10 Å². The standard InChI is InChI=1S/C20H29N3O3.C7H16/c1-15-11-12-16(13-18(15)26-2)14-21-23-20(25)10-6-9-19(24)22-17-7-4-3-5-8-17;1-3-5-7-6-4-2/h11-14,17H,3-10H2,1-2H3,(H,22,24)(H,23,25);3-7H2,1-2H3/b21-14+;. The van der Waals surface area contributed by atoms with Gasteiger partial charge in [-0.15, -0.1) is 0 Å². The Bertz CT molecular complexity index is 709. The normalized spacial score (nSPS) is 13.8. The number of methoxy groups -OCH3 is 1. The van der Waals surface area contributed by atoms with Gasteiger partial charge in [0, 0.05) is 18.9 Å². The maximum absolute atomic E-state index is 11.9. The first-order valence-electron chi connectivity index (χ1n) is 12.8.